The second-order valence-corrected chi connectivity index (χ2v) is 11.4. The van der Waals surface area contributed by atoms with Gasteiger partial charge in [0.2, 0.25) is 17.4 Å². The predicted octanol–water partition coefficient (Wildman–Crippen LogP) is 5.92. The van der Waals surface area contributed by atoms with Crippen molar-refractivity contribution in [1.82, 2.24) is 9.80 Å². The number of fused-ring (bicyclic) bond motifs is 2. The highest BCUT2D eigenvalue weighted by molar-refractivity contribution is 6.06. The predicted molar refractivity (Wildman–Crippen MR) is 165 cm³/mol. The van der Waals surface area contributed by atoms with Crippen LogP contribution >= 0.6 is 0 Å². The lowest BCUT2D eigenvalue weighted by atomic mass is 9.94. The summed E-state index contributed by atoms with van der Waals surface area (Å²) in [6.45, 7) is 0.938. The number of alkyl halides is 3. The van der Waals surface area contributed by atoms with Crippen molar-refractivity contribution in [3.8, 4) is 0 Å². The molecular formula is C33H31F4N5O6. The molecule has 0 radical (unpaired) electrons. The molecule has 3 aromatic carbocycles. The maximum Gasteiger partial charge on any atom is 0.418 e. The summed E-state index contributed by atoms with van der Waals surface area (Å²) in [5, 5.41) is 8.04. The number of carbonyl (C=O) groups is 5. The first kappa shape index (κ1) is 33.9. The van der Waals surface area contributed by atoms with Crippen molar-refractivity contribution in [2.45, 2.75) is 57.5 Å². The van der Waals surface area contributed by atoms with Crippen molar-refractivity contribution in [3.63, 3.8) is 0 Å². The van der Waals surface area contributed by atoms with Gasteiger partial charge in [-0.15, -0.1) is 0 Å². The van der Waals surface area contributed by atoms with Gasteiger partial charge in [-0.05, 0) is 66.9 Å². The van der Waals surface area contributed by atoms with E-state index in [9.17, 15) is 41.5 Å². The number of carbonyl (C=O) groups excluding carboxylic acids is 5. The van der Waals surface area contributed by atoms with E-state index in [-0.39, 0.29) is 30.7 Å². The third-order valence-corrected chi connectivity index (χ3v) is 8.16. The standard InChI is InChI=1S/C33H31F4N5O6/c1-3-27(43)38-23-5-4-6-24(16-23)39-30(46)40-25-11-12-26-21(15-25)13-14-32(26)29(45)42(31(47)48-32)18-28(44)41(19(2)33(35,36)37)17-20-7-9-22(34)10-8-20/h4-12,15-16,19H,3,13-14,17-18H2,1-2H3,(H,38,43)(H2,39,40,46)/t19-,32+/m0/s1. The highest BCUT2D eigenvalue weighted by Gasteiger charge is 2.58. The number of amides is 6. The number of aryl methyl sites for hydroxylation is 1. The first-order valence-electron chi connectivity index (χ1n) is 15.0. The fraction of sp³-hybridized carbons (Fsp3) is 0.303. The van der Waals surface area contributed by atoms with Crippen LogP contribution in [0.5, 0.6) is 0 Å². The average Bonchev–Trinajstić information content (AvgIpc) is 3.51. The number of nitrogens with zero attached hydrogens (tertiary/aromatic N) is 2. The minimum Gasteiger partial charge on any atom is -0.427 e. The largest absolute Gasteiger partial charge is 0.427 e. The van der Waals surface area contributed by atoms with Crippen LogP contribution in [0.4, 0.5) is 44.2 Å². The Hall–Kier alpha value is -5.47. The summed E-state index contributed by atoms with van der Waals surface area (Å²) in [4.78, 5) is 65.1. The van der Waals surface area contributed by atoms with Gasteiger partial charge in [0.15, 0.2) is 0 Å². The highest BCUT2D eigenvalue weighted by atomic mass is 19.4. The topological polar surface area (TPSA) is 137 Å². The normalized spacial score (nSPS) is 17.5. The summed E-state index contributed by atoms with van der Waals surface area (Å²) < 4.78 is 60.0. The third-order valence-electron chi connectivity index (χ3n) is 8.16. The van der Waals surface area contributed by atoms with Crippen molar-refractivity contribution in [1.29, 1.82) is 0 Å². The summed E-state index contributed by atoms with van der Waals surface area (Å²) in [5.41, 5.74) is 0.617. The van der Waals surface area contributed by atoms with E-state index in [1.807, 2.05) is 0 Å². The zero-order valence-corrected chi connectivity index (χ0v) is 25.8. The van der Waals surface area contributed by atoms with Gasteiger partial charge in [0, 0.05) is 42.0 Å². The van der Waals surface area contributed by atoms with Gasteiger partial charge in [-0.3, -0.25) is 14.4 Å². The molecule has 1 aliphatic heterocycles. The molecule has 0 saturated carbocycles. The molecule has 2 atom stereocenters. The molecule has 0 bridgehead atoms. The lowest BCUT2D eigenvalue weighted by Crippen LogP contribution is -2.51. The van der Waals surface area contributed by atoms with E-state index in [0.29, 0.717) is 38.0 Å². The molecule has 15 heteroatoms. The first-order valence-corrected chi connectivity index (χ1v) is 15.0. The second-order valence-electron chi connectivity index (χ2n) is 11.4. The number of nitrogens with one attached hydrogen (secondary N) is 3. The van der Waals surface area contributed by atoms with E-state index < -0.39 is 60.7 Å². The number of benzene rings is 3. The zero-order chi connectivity index (χ0) is 34.8. The van der Waals surface area contributed by atoms with Crippen molar-refractivity contribution >= 4 is 46.9 Å². The number of ether oxygens (including phenoxy) is 1. The highest BCUT2D eigenvalue weighted by Crippen LogP contribution is 2.46. The van der Waals surface area contributed by atoms with Crippen LogP contribution in [-0.2, 0) is 37.7 Å². The van der Waals surface area contributed by atoms with E-state index in [0.717, 1.165) is 19.1 Å². The molecule has 252 valence electrons. The summed E-state index contributed by atoms with van der Waals surface area (Å²) in [5.74, 6) is -2.85. The first-order chi connectivity index (χ1) is 22.7. The van der Waals surface area contributed by atoms with Gasteiger partial charge in [-0.1, -0.05) is 31.2 Å². The minimum atomic E-state index is -4.82. The quantitative estimate of drug-likeness (QED) is 0.242. The number of urea groups is 1. The van der Waals surface area contributed by atoms with Gasteiger partial charge in [0.1, 0.15) is 18.4 Å². The van der Waals surface area contributed by atoms with Crippen LogP contribution < -0.4 is 16.0 Å². The van der Waals surface area contributed by atoms with Crippen LogP contribution in [0, 0.1) is 5.82 Å². The molecule has 1 saturated heterocycles. The number of halogens is 4. The van der Waals surface area contributed by atoms with Crippen LogP contribution in [0.25, 0.3) is 0 Å². The average molecular weight is 670 g/mol. The van der Waals surface area contributed by atoms with Gasteiger partial charge in [-0.25, -0.2) is 18.9 Å². The molecule has 48 heavy (non-hydrogen) atoms. The Bertz CT molecular complexity index is 1770. The molecule has 1 fully saturated rings. The molecule has 2 aliphatic rings. The van der Waals surface area contributed by atoms with Gasteiger partial charge in [-0.2, -0.15) is 13.2 Å². The van der Waals surface area contributed by atoms with Gasteiger partial charge in [0.05, 0.1) is 0 Å². The van der Waals surface area contributed by atoms with Crippen LogP contribution in [0.3, 0.4) is 0 Å². The molecule has 3 aromatic rings. The van der Waals surface area contributed by atoms with Crippen molar-refractivity contribution in [3.05, 3.63) is 89.2 Å². The third kappa shape index (κ3) is 7.09. The molecule has 0 aromatic heterocycles. The molecule has 1 heterocycles. The number of hydrogen-bond acceptors (Lipinski definition) is 6. The minimum absolute atomic E-state index is 0.0156. The molecule has 1 spiro atoms. The van der Waals surface area contributed by atoms with Crippen molar-refractivity contribution in [2.75, 3.05) is 22.5 Å². The molecule has 1 aliphatic carbocycles. The van der Waals surface area contributed by atoms with Crippen LogP contribution in [0.1, 0.15) is 43.4 Å². The summed E-state index contributed by atoms with van der Waals surface area (Å²) >= 11 is 0. The van der Waals surface area contributed by atoms with Gasteiger partial charge < -0.3 is 25.6 Å². The summed E-state index contributed by atoms with van der Waals surface area (Å²) in [7, 11) is 0. The molecular weight excluding hydrogens is 638 g/mol. The monoisotopic (exact) mass is 669 g/mol. The Morgan fingerprint density at radius 3 is 2.25 bits per heavy atom. The van der Waals surface area contributed by atoms with E-state index >= 15 is 0 Å². The Morgan fingerprint density at radius 1 is 0.958 bits per heavy atom. The number of imide groups is 1. The molecule has 5 rings (SSSR count). The lowest BCUT2D eigenvalue weighted by Gasteiger charge is -2.31. The van der Waals surface area contributed by atoms with Crippen LogP contribution in [0.15, 0.2) is 66.7 Å². The second kappa shape index (κ2) is 13.3. The Kier molecular flexibility index (Phi) is 9.41. The smallest absolute Gasteiger partial charge is 0.418 e. The van der Waals surface area contributed by atoms with Crippen LogP contribution in [0.2, 0.25) is 0 Å². The van der Waals surface area contributed by atoms with Crippen LogP contribution in [-0.4, -0.2) is 58.4 Å². The van der Waals surface area contributed by atoms with E-state index in [2.05, 4.69) is 16.0 Å². The molecule has 11 nitrogen and oxygen atoms in total. The zero-order valence-electron chi connectivity index (χ0n) is 25.8. The fourth-order valence-electron chi connectivity index (χ4n) is 5.58. The number of rotatable bonds is 9. The molecule has 3 N–H and O–H groups in total. The lowest BCUT2D eigenvalue weighted by molar-refractivity contribution is -0.187. The Labute approximate surface area is 272 Å². The van der Waals surface area contributed by atoms with E-state index in [1.165, 1.54) is 24.3 Å². The number of hydrogen-bond donors (Lipinski definition) is 3. The Balaban J connectivity index is 1.28. The molecule has 0 unspecified atom stereocenters. The van der Waals surface area contributed by atoms with Crippen molar-refractivity contribution in [2.24, 2.45) is 0 Å². The fourth-order valence-corrected chi connectivity index (χ4v) is 5.58. The summed E-state index contributed by atoms with van der Waals surface area (Å²) in [6.07, 6.45) is -5.44. The number of anilines is 3. The maximum absolute atomic E-state index is 13.7. The van der Waals surface area contributed by atoms with Gasteiger partial charge in [0.25, 0.3) is 5.91 Å². The molecule has 6 amide bonds. The van der Waals surface area contributed by atoms with E-state index in [1.54, 1.807) is 37.3 Å². The van der Waals surface area contributed by atoms with Gasteiger partial charge >= 0.3 is 18.3 Å². The Morgan fingerprint density at radius 2 is 1.60 bits per heavy atom. The SMILES string of the molecule is CCC(=O)Nc1cccc(NC(=O)Nc2ccc3c(c2)CC[C@@]32OC(=O)N(CC(=O)N(Cc3ccc(F)cc3)[C@@H](C)C(F)(F)F)C2=O)c1. The summed E-state index contributed by atoms with van der Waals surface area (Å²) in [6, 6.07) is 12.8. The maximum atomic E-state index is 13.7. The van der Waals surface area contributed by atoms with E-state index in [4.69, 9.17) is 4.74 Å². The van der Waals surface area contributed by atoms with Crippen molar-refractivity contribution < 1.29 is 46.3 Å².